The van der Waals surface area contributed by atoms with E-state index in [0.717, 1.165) is 45.2 Å². The molecule has 3 nitrogen and oxygen atoms in total. The second-order valence-corrected chi connectivity index (χ2v) is 5.02. The fraction of sp³-hybridized carbons (Fsp3) is 0.571. The van der Waals surface area contributed by atoms with Crippen molar-refractivity contribution in [3.05, 3.63) is 29.8 Å². The molecule has 0 unspecified atom stereocenters. The third-order valence-corrected chi connectivity index (χ3v) is 3.59. The topological polar surface area (TPSA) is 32.5 Å². The number of rotatable bonds is 4. The molecule has 1 saturated heterocycles. The summed E-state index contributed by atoms with van der Waals surface area (Å²) in [4.78, 5) is 4.31. The van der Waals surface area contributed by atoms with Gasteiger partial charge in [0.1, 0.15) is 0 Å². The molecule has 112 valence electrons. The highest BCUT2D eigenvalue weighted by atomic mass is 19.4. The van der Waals surface area contributed by atoms with E-state index in [-0.39, 0.29) is 0 Å². The van der Waals surface area contributed by atoms with Gasteiger partial charge in [-0.1, -0.05) is 6.07 Å². The van der Waals surface area contributed by atoms with Crippen LogP contribution in [-0.2, 0) is 6.18 Å². The van der Waals surface area contributed by atoms with Crippen LogP contribution in [0.4, 0.5) is 18.9 Å². The highest BCUT2D eigenvalue weighted by Crippen LogP contribution is 2.31. The lowest BCUT2D eigenvalue weighted by Gasteiger charge is -2.36. The predicted octanol–water partition coefficient (Wildman–Crippen LogP) is 2.18. The number of hydrogen-bond acceptors (Lipinski definition) is 3. The molecule has 0 saturated carbocycles. The predicted molar refractivity (Wildman–Crippen MR) is 73.8 cm³/mol. The van der Waals surface area contributed by atoms with Gasteiger partial charge in [0.05, 0.1) is 5.56 Å². The Morgan fingerprint density at radius 1 is 1.10 bits per heavy atom. The fourth-order valence-corrected chi connectivity index (χ4v) is 2.42. The van der Waals surface area contributed by atoms with Crippen molar-refractivity contribution < 1.29 is 13.2 Å². The summed E-state index contributed by atoms with van der Waals surface area (Å²) >= 11 is 0. The van der Waals surface area contributed by atoms with Gasteiger partial charge in [-0.25, -0.2) is 0 Å². The maximum Gasteiger partial charge on any atom is 0.416 e. The summed E-state index contributed by atoms with van der Waals surface area (Å²) in [6.07, 6.45) is -3.32. The summed E-state index contributed by atoms with van der Waals surface area (Å²) in [6.45, 7) is 4.89. The summed E-state index contributed by atoms with van der Waals surface area (Å²) in [7, 11) is 0. The first-order valence-corrected chi connectivity index (χ1v) is 6.85. The average Bonchev–Trinajstić information content (AvgIpc) is 2.45. The van der Waals surface area contributed by atoms with Crippen LogP contribution in [0.3, 0.4) is 0 Å². The molecule has 2 N–H and O–H groups in total. The third kappa shape index (κ3) is 3.86. The minimum absolute atomic E-state index is 0.583. The minimum Gasteiger partial charge on any atom is -0.369 e. The van der Waals surface area contributed by atoms with Crippen LogP contribution in [0.15, 0.2) is 24.3 Å². The fourth-order valence-electron chi connectivity index (χ4n) is 2.42. The quantitative estimate of drug-likeness (QED) is 0.921. The van der Waals surface area contributed by atoms with E-state index in [1.807, 2.05) is 4.90 Å². The van der Waals surface area contributed by atoms with Crippen LogP contribution in [0.2, 0.25) is 0 Å². The van der Waals surface area contributed by atoms with Crippen molar-refractivity contribution in [2.45, 2.75) is 12.6 Å². The molecular formula is C14H20F3N3. The SMILES string of the molecule is NCCCN1CCN(c2cccc(C(F)(F)F)c2)CC1. The lowest BCUT2D eigenvalue weighted by atomic mass is 10.1. The van der Waals surface area contributed by atoms with E-state index in [0.29, 0.717) is 12.2 Å². The molecule has 1 aliphatic heterocycles. The van der Waals surface area contributed by atoms with E-state index in [1.54, 1.807) is 6.07 Å². The molecule has 2 rings (SSSR count). The maximum atomic E-state index is 12.7. The molecule has 0 radical (unpaired) electrons. The molecule has 0 aromatic heterocycles. The molecule has 1 fully saturated rings. The summed E-state index contributed by atoms with van der Waals surface area (Å²) < 4.78 is 38.1. The van der Waals surface area contributed by atoms with E-state index in [2.05, 4.69) is 4.90 Å². The van der Waals surface area contributed by atoms with Gasteiger partial charge in [0.25, 0.3) is 0 Å². The van der Waals surface area contributed by atoms with Crippen LogP contribution in [-0.4, -0.2) is 44.2 Å². The van der Waals surface area contributed by atoms with Gasteiger partial charge in [-0.2, -0.15) is 13.2 Å². The van der Waals surface area contributed by atoms with Crippen LogP contribution in [0.5, 0.6) is 0 Å². The highest BCUT2D eigenvalue weighted by Gasteiger charge is 2.31. The van der Waals surface area contributed by atoms with Crippen molar-refractivity contribution >= 4 is 5.69 Å². The average molecular weight is 287 g/mol. The molecular weight excluding hydrogens is 267 g/mol. The van der Waals surface area contributed by atoms with Crippen LogP contribution in [0.25, 0.3) is 0 Å². The number of anilines is 1. The molecule has 0 spiro atoms. The van der Waals surface area contributed by atoms with Crippen molar-refractivity contribution in [3.63, 3.8) is 0 Å². The zero-order chi connectivity index (χ0) is 14.6. The third-order valence-electron chi connectivity index (χ3n) is 3.59. The second kappa shape index (κ2) is 6.45. The van der Waals surface area contributed by atoms with Gasteiger partial charge >= 0.3 is 6.18 Å². The number of nitrogens with zero attached hydrogens (tertiary/aromatic N) is 2. The number of nitrogens with two attached hydrogens (primary N) is 1. The van der Waals surface area contributed by atoms with Gasteiger partial charge in [0.2, 0.25) is 0 Å². The molecule has 0 bridgehead atoms. The number of benzene rings is 1. The Hall–Kier alpha value is -1.27. The Morgan fingerprint density at radius 2 is 1.80 bits per heavy atom. The molecule has 0 amide bonds. The minimum atomic E-state index is -4.28. The first kappa shape index (κ1) is 15.1. The molecule has 1 aromatic rings. The molecule has 1 heterocycles. The number of alkyl halides is 3. The standard InChI is InChI=1S/C14H20F3N3/c15-14(16,17)12-3-1-4-13(11-12)20-9-7-19(8-10-20)6-2-5-18/h1,3-4,11H,2,5-10,18H2. The normalized spacial score (nSPS) is 17.5. The maximum absolute atomic E-state index is 12.7. The van der Waals surface area contributed by atoms with Gasteiger partial charge in [0, 0.05) is 31.9 Å². The van der Waals surface area contributed by atoms with Crippen molar-refractivity contribution in [2.24, 2.45) is 5.73 Å². The molecule has 20 heavy (non-hydrogen) atoms. The van der Waals surface area contributed by atoms with E-state index in [1.165, 1.54) is 12.1 Å². The Labute approximate surface area is 117 Å². The van der Waals surface area contributed by atoms with E-state index >= 15 is 0 Å². The monoisotopic (exact) mass is 287 g/mol. The van der Waals surface area contributed by atoms with E-state index in [4.69, 9.17) is 5.73 Å². The first-order chi connectivity index (χ1) is 9.50. The van der Waals surface area contributed by atoms with Crippen LogP contribution in [0.1, 0.15) is 12.0 Å². The molecule has 0 atom stereocenters. The summed E-state index contributed by atoms with van der Waals surface area (Å²) in [5.41, 5.74) is 5.55. The second-order valence-electron chi connectivity index (χ2n) is 5.02. The van der Waals surface area contributed by atoms with Crippen LogP contribution in [0, 0.1) is 0 Å². The van der Waals surface area contributed by atoms with Crippen molar-refractivity contribution in [2.75, 3.05) is 44.2 Å². The highest BCUT2D eigenvalue weighted by molar-refractivity contribution is 5.49. The molecule has 0 aliphatic carbocycles. The summed E-state index contributed by atoms with van der Waals surface area (Å²) in [5, 5.41) is 0. The first-order valence-electron chi connectivity index (χ1n) is 6.85. The van der Waals surface area contributed by atoms with Crippen LogP contribution < -0.4 is 10.6 Å². The van der Waals surface area contributed by atoms with Crippen molar-refractivity contribution in [1.82, 2.24) is 4.90 Å². The largest absolute Gasteiger partial charge is 0.416 e. The lowest BCUT2D eigenvalue weighted by molar-refractivity contribution is -0.137. The Balaban J connectivity index is 1.97. The number of hydrogen-bond donors (Lipinski definition) is 1. The van der Waals surface area contributed by atoms with E-state index in [9.17, 15) is 13.2 Å². The summed E-state index contributed by atoms with van der Waals surface area (Å²) in [5.74, 6) is 0. The number of halogens is 3. The van der Waals surface area contributed by atoms with Gasteiger partial charge in [-0.15, -0.1) is 0 Å². The smallest absolute Gasteiger partial charge is 0.369 e. The molecule has 1 aromatic carbocycles. The van der Waals surface area contributed by atoms with Crippen molar-refractivity contribution in [1.29, 1.82) is 0 Å². The van der Waals surface area contributed by atoms with Gasteiger partial charge in [0.15, 0.2) is 0 Å². The zero-order valence-electron chi connectivity index (χ0n) is 11.4. The molecule has 1 aliphatic rings. The Bertz CT molecular complexity index is 426. The van der Waals surface area contributed by atoms with Gasteiger partial charge in [-0.3, -0.25) is 4.90 Å². The van der Waals surface area contributed by atoms with Gasteiger partial charge < -0.3 is 10.6 Å². The Morgan fingerprint density at radius 3 is 2.40 bits per heavy atom. The lowest BCUT2D eigenvalue weighted by Crippen LogP contribution is -2.46. The van der Waals surface area contributed by atoms with Crippen molar-refractivity contribution in [3.8, 4) is 0 Å². The Kier molecular flexibility index (Phi) is 4.88. The molecule has 6 heteroatoms. The van der Waals surface area contributed by atoms with Crippen LogP contribution >= 0.6 is 0 Å². The van der Waals surface area contributed by atoms with Gasteiger partial charge in [-0.05, 0) is 37.7 Å². The number of piperazine rings is 1. The van der Waals surface area contributed by atoms with E-state index < -0.39 is 11.7 Å². The zero-order valence-corrected chi connectivity index (χ0v) is 11.4. The summed E-state index contributed by atoms with van der Waals surface area (Å²) in [6, 6.07) is 5.56.